The molecule has 6 nitrogen and oxygen atoms in total. The van der Waals surface area contributed by atoms with Gasteiger partial charge in [0.2, 0.25) is 0 Å². The number of fused-ring (bicyclic) bond motifs is 1. The number of carbonyl (C=O) groups excluding carboxylic acids is 2. The minimum absolute atomic E-state index is 0.195. The second-order valence-electron chi connectivity index (χ2n) is 6.82. The molecule has 0 bridgehead atoms. The normalized spacial score (nSPS) is 31.0. The predicted molar refractivity (Wildman–Crippen MR) is 77.8 cm³/mol. The summed E-state index contributed by atoms with van der Waals surface area (Å²) in [6, 6.07) is 0. The molecule has 1 aliphatic carbocycles. The van der Waals surface area contributed by atoms with Gasteiger partial charge in [-0.15, -0.1) is 0 Å². The van der Waals surface area contributed by atoms with E-state index < -0.39 is 17.1 Å². The number of ether oxygens (including phenoxy) is 2. The van der Waals surface area contributed by atoms with Gasteiger partial charge >= 0.3 is 12.1 Å². The fourth-order valence-corrected chi connectivity index (χ4v) is 3.34. The van der Waals surface area contributed by atoms with Crippen LogP contribution in [0.15, 0.2) is 0 Å². The maximum absolute atomic E-state index is 12.3. The van der Waals surface area contributed by atoms with Crippen LogP contribution in [0, 0.1) is 17.3 Å². The van der Waals surface area contributed by atoms with E-state index in [0.29, 0.717) is 12.5 Å². The van der Waals surface area contributed by atoms with Gasteiger partial charge < -0.3 is 20.1 Å². The fourth-order valence-electron chi connectivity index (χ4n) is 3.34. The highest BCUT2D eigenvalue weighted by molar-refractivity contribution is 5.83. The molecule has 2 fully saturated rings. The molecule has 0 radical (unpaired) electrons. The van der Waals surface area contributed by atoms with Gasteiger partial charge in [0.1, 0.15) is 5.60 Å². The highest BCUT2D eigenvalue weighted by Crippen LogP contribution is 2.61. The molecule has 2 rings (SSSR count). The third-order valence-corrected chi connectivity index (χ3v) is 4.28. The molecule has 1 heterocycles. The van der Waals surface area contributed by atoms with Crippen LogP contribution in [0.3, 0.4) is 0 Å². The van der Waals surface area contributed by atoms with E-state index in [1.54, 1.807) is 6.92 Å². The van der Waals surface area contributed by atoms with Crippen molar-refractivity contribution in [2.24, 2.45) is 17.3 Å². The first-order chi connectivity index (χ1) is 9.81. The molecular weight excluding hydrogens is 272 g/mol. The smallest absolute Gasteiger partial charge is 0.407 e. The van der Waals surface area contributed by atoms with Crippen molar-refractivity contribution < 1.29 is 19.1 Å². The Labute approximate surface area is 125 Å². The Kier molecular flexibility index (Phi) is 4.46. The molecule has 3 unspecified atom stereocenters. The third kappa shape index (κ3) is 3.31. The molecule has 120 valence electrons. The number of hydrogen-bond acceptors (Lipinski definition) is 5. The Morgan fingerprint density at radius 3 is 2.57 bits per heavy atom. The van der Waals surface area contributed by atoms with Gasteiger partial charge in [-0.3, -0.25) is 4.79 Å². The number of alkyl carbamates (subject to hydrolysis) is 1. The zero-order chi connectivity index (χ0) is 15.7. The van der Waals surface area contributed by atoms with Gasteiger partial charge in [-0.1, -0.05) is 0 Å². The molecule has 21 heavy (non-hydrogen) atoms. The van der Waals surface area contributed by atoms with Crippen LogP contribution in [0.1, 0.15) is 34.1 Å². The Balaban J connectivity index is 1.98. The molecule has 1 saturated heterocycles. The van der Waals surface area contributed by atoms with E-state index >= 15 is 0 Å². The molecule has 3 atom stereocenters. The van der Waals surface area contributed by atoms with Crippen molar-refractivity contribution in [2.45, 2.75) is 39.7 Å². The Morgan fingerprint density at radius 1 is 1.33 bits per heavy atom. The standard InChI is InChI=1S/C15H26N2O4/c1-5-20-12(18)15(10-6-7-16-8-11(10)15)9-17-13(19)21-14(2,3)4/h10-11,16H,5-9H2,1-4H3,(H,17,19). The summed E-state index contributed by atoms with van der Waals surface area (Å²) < 4.78 is 10.5. The van der Waals surface area contributed by atoms with E-state index in [-0.39, 0.29) is 18.4 Å². The lowest BCUT2D eigenvalue weighted by Crippen LogP contribution is -2.40. The minimum Gasteiger partial charge on any atom is -0.465 e. The van der Waals surface area contributed by atoms with Gasteiger partial charge in [0.25, 0.3) is 0 Å². The molecule has 1 amide bonds. The van der Waals surface area contributed by atoms with Crippen molar-refractivity contribution in [3.8, 4) is 0 Å². The monoisotopic (exact) mass is 298 g/mol. The van der Waals surface area contributed by atoms with Crippen LogP contribution in [0.25, 0.3) is 0 Å². The molecule has 0 aromatic carbocycles. The number of nitrogens with one attached hydrogen (secondary N) is 2. The summed E-state index contributed by atoms with van der Waals surface area (Å²) in [7, 11) is 0. The number of piperidine rings is 1. The van der Waals surface area contributed by atoms with Crippen LogP contribution < -0.4 is 10.6 Å². The first-order valence-corrected chi connectivity index (χ1v) is 7.66. The number of hydrogen-bond donors (Lipinski definition) is 2. The van der Waals surface area contributed by atoms with Crippen molar-refractivity contribution in [1.82, 2.24) is 10.6 Å². The largest absolute Gasteiger partial charge is 0.465 e. The van der Waals surface area contributed by atoms with E-state index in [1.807, 2.05) is 20.8 Å². The van der Waals surface area contributed by atoms with Crippen LogP contribution in [0.5, 0.6) is 0 Å². The molecule has 0 spiro atoms. The topological polar surface area (TPSA) is 76.7 Å². The summed E-state index contributed by atoms with van der Waals surface area (Å²) in [5, 5.41) is 6.05. The van der Waals surface area contributed by atoms with Crippen molar-refractivity contribution in [3.05, 3.63) is 0 Å². The van der Waals surface area contributed by atoms with E-state index in [4.69, 9.17) is 9.47 Å². The van der Waals surface area contributed by atoms with Gasteiger partial charge in [0.05, 0.1) is 12.0 Å². The molecule has 1 aliphatic heterocycles. The SMILES string of the molecule is CCOC(=O)C1(CNC(=O)OC(C)(C)C)C2CCNCC21. The number of esters is 1. The van der Waals surface area contributed by atoms with Gasteiger partial charge in [-0.05, 0) is 59.0 Å². The zero-order valence-corrected chi connectivity index (χ0v) is 13.3. The highest BCUT2D eigenvalue weighted by Gasteiger charge is 2.70. The molecule has 0 aromatic rings. The Bertz CT molecular complexity index is 404. The van der Waals surface area contributed by atoms with E-state index in [0.717, 1.165) is 19.5 Å². The molecule has 1 saturated carbocycles. The lowest BCUT2D eigenvalue weighted by molar-refractivity contribution is -0.150. The lowest BCUT2D eigenvalue weighted by Gasteiger charge is -2.22. The number of carbonyl (C=O) groups is 2. The maximum atomic E-state index is 12.3. The summed E-state index contributed by atoms with van der Waals surface area (Å²) in [5.41, 5.74) is -1.12. The van der Waals surface area contributed by atoms with Crippen molar-refractivity contribution in [2.75, 3.05) is 26.2 Å². The van der Waals surface area contributed by atoms with Crippen molar-refractivity contribution >= 4 is 12.1 Å². The number of amides is 1. The maximum Gasteiger partial charge on any atom is 0.407 e. The lowest BCUT2D eigenvalue weighted by atomic mass is 10.0. The van der Waals surface area contributed by atoms with E-state index in [9.17, 15) is 9.59 Å². The average molecular weight is 298 g/mol. The van der Waals surface area contributed by atoms with Gasteiger partial charge in [0, 0.05) is 6.54 Å². The zero-order valence-electron chi connectivity index (χ0n) is 13.3. The Hall–Kier alpha value is -1.30. The summed E-state index contributed by atoms with van der Waals surface area (Å²) >= 11 is 0. The molecule has 0 aromatic heterocycles. The van der Waals surface area contributed by atoms with Crippen LogP contribution in [0.2, 0.25) is 0 Å². The minimum atomic E-state index is -0.573. The summed E-state index contributed by atoms with van der Waals surface area (Å²) in [4.78, 5) is 24.2. The second-order valence-corrected chi connectivity index (χ2v) is 6.82. The molecule has 6 heteroatoms. The first-order valence-electron chi connectivity index (χ1n) is 7.66. The predicted octanol–water partition coefficient (Wildman–Crippen LogP) is 1.30. The van der Waals surface area contributed by atoms with E-state index in [1.165, 1.54) is 0 Å². The van der Waals surface area contributed by atoms with Crippen molar-refractivity contribution in [1.29, 1.82) is 0 Å². The fraction of sp³-hybridized carbons (Fsp3) is 0.867. The third-order valence-electron chi connectivity index (χ3n) is 4.28. The number of rotatable bonds is 4. The molecule has 2 N–H and O–H groups in total. The second kappa shape index (κ2) is 5.83. The van der Waals surface area contributed by atoms with Crippen LogP contribution in [0.4, 0.5) is 4.79 Å². The van der Waals surface area contributed by atoms with Crippen LogP contribution >= 0.6 is 0 Å². The quantitative estimate of drug-likeness (QED) is 0.765. The van der Waals surface area contributed by atoms with Crippen LogP contribution in [-0.2, 0) is 14.3 Å². The summed E-state index contributed by atoms with van der Waals surface area (Å²) in [6.45, 7) is 9.61. The highest BCUT2D eigenvalue weighted by atomic mass is 16.6. The average Bonchev–Trinajstić information content (AvgIpc) is 3.04. The molecular formula is C15H26N2O4. The van der Waals surface area contributed by atoms with Gasteiger partial charge in [0.15, 0.2) is 0 Å². The van der Waals surface area contributed by atoms with Gasteiger partial charge in [-0.25, -0.2) is 4.79 Å². The summed E-state index contributed by atoms with van der Waals surface area (Å²) in [6.07, 6.45) is 0.460. The first kappa shape index (κ1) is 16.1. The Morgan fingerprint density at radius 2 is 2.05 bits per heavy atom. The summed E-state index contributed by atoms with van der Waals surface area (Å²) in [5.74, 6) is 0.354. The van der Waals surface area contributed by atoms with Crippen LogP contribution in [-0.4, -0.2) is 43.9 Å². The van der Waals surface area contributed by atoms with Gasteiger partial charge in [-0.2, -0.15) is 0 Å². The van der Waals surface area contributed by atoms with E-state index in [2.05, 4.69) is 10.6 Å². The van der Waals surface area contributed by atoms with Crippen molar-refractivity contribution in [3.63, 3.8) is 0 Å². The molecule has 2 aliphatic rings.